The Hall–Kier alpha value is -2.94. The summed E-state index contributed by atoms with van der Waals surface area (Å²) in [7, 11) is 1.28. The van der Waals surface area contributed by atoms with Gasteiger partial charge in [0.15, 0.2) is 0 Å². The minimum absolute atomic E-state index is 0.0153. The average Bonchev–Trinajstić information content (AvgIpc) is 2.74. The molecule has 0 fully saturated rings. The van der Waals surface area contributed by atoms with Crippen LogP contribution in [0.1, 0.15) is 30.9 Å². The summed E-state index contributed by atoms with van der Waals surface area (Å²) in [4.78, 5) is 23.4. The van der Waals surface area contributed by atoms with Gasteiger partial charge in [-0.15, -0.1) is 0 Å². The molecule has 0 spiro atoms. The summed E-state index contributed by atoms with van der Waals surface area (Å²) >= 11 is 0. The minimum Gasteiger partial charge on any atom is -0.459 e. The Morgan fingerprint density at radius 3 is 1.80 bits per heavy atom. The number of hydrogen-bond acceptors (Lipinski definition) is 5. The SMILES string of the molecule is COC(=O)C#CCC(COCc1ccccc1)(COCc1ccccc1)CC(C)=O. The summed E-state index contributed by atoms with van der Waals surface area (Å²) < 4.78 is 16.5. The summed E-state index contributed by atoms with van der Waals surface area (Å²) in [5.41, 5.74) is 1.43. The Balaban J connectivity index is 2.10. The molecule has 0 aromatic heterocycles. The lowest BCUT2D eigenvalue weighted by Gasteiger charge is -2.31. The topological polar surface area (TPSA) is 61.8 Å². The van der Waals surface area contributed by atoms with Crippen LogP contribution in [0.5, 0.6) is 0 Å². The zero-order valence-corrected chi connectivity index (χ0v) is 17.6. The van der Waals surface area contributed by atoms with Crippen LogP contribution in [0, 0.1) is 17.3 Å². The Labute approximate surface area is 178 Å². The lowest BCUT2D eigenvalue weighted by molar-refractivity contribution is -0.133. The van der Waals surface area contributed by atoms with Crippen molar-refractivity contribution in [2.24, 2.45) is 5.41 Å². The van der Waals surface area contributed by atoms with E-state index in [1.54, 1.807) is 0 Å². The molecule has 0 aliphatic rings. The van der Waals surface area contributed by atoms with E-state index in [0.717, 1.165) is 11.1 Å². The summed E-state index contributed by atoms with van der Waals surface area (Å²) in [5.74, 6) is 4.69. The number of carbonyl (C=O) groups is 2. The first-order valence-corrected chi connectivity index (χ1v) is 9.83. The molecule has 2 aromatic carbocycles. The van der Waals surface area contributed by atoms with Crippen LogP contribution in [-0.4, -0.2) is 32.1 Å². The first kappa shape index (κ1) is 23.3. The van der Waals surface area contributed by atoms with E-state index in [4.69, 9.17) is 9.47 Å². The lowest BCUT2D eigenvalue weighted by Crippen LogP contribution is -2.34. The molecule has 2 aromatic rings. The molecule has 0 atom stereocenters. The number of esters is 1. The molecule has 0 unspecified atom stereocenters. The average molecular weight is 408 g/mol. The van der Waals surface area contributed by atoms with Crippen molar-refractivity contribution < 1.29 is 23.8 Å². The molecule has 0 N–H and O–H groups in total. The van der Waals surface area contributed by atoms with E-state index in [0.29, 0.717) is 13.2 Å². The maximum Gasteiger partial charge on any atom is 0.384 e. The van der Waals surface area contributed by atoms with Crippen molar-refractivity contribution in [1.82, 2.24) is 0 Å². The smallest absolute Gasteiger partial charge is 0.384 e. The van der Waals surface area contributed by atoms with E-state index in [2.05, 4.69) is 16.6 Å². The second kappa shape index (κ2) is 12.6. The number of benzene rings is 2. The highest BCUT2D eigenvalue weighted by molar-refractivity contribution is 5.88. The second-order valence-corrected chi connectivity index (χ2v) is 7.31. The first-order chi connectivity index (χ1) is 14.5. The largest absolute Gasteiger partial charge is 0.459 e. The van der Waals surface area contributed by atoms with Gasteiger partial charge in [0.05, 0.1) is 33.5 Å². The van der Waals surface area contributed by atoms with Crippen LogP contribution in [0.2, 0.25) is 0 Å². The normalized spacial score (nSPS) is 10.7. The molecule has 0 aliphatic carbocycles. The Kier molecular flexibility index (Phi) is 9.79. The third kappa shape index (κ3) is 8.60. The molecule has 30 heavy (non-hydrogen) atoms. The maximum absolute atomic E-state index is 12.0. The van der Waals surface area contributed by atoms with Crippen molar-refractivity contribution in [1.29, 1.82) is 0 Å². The van der Waals surface area contributed by atoms with Crippen LogP contribution in [0.4, 0.5) is 0 Å². The summed E-state index contributed by atoms with van der Waals surface area (Å²) in [6.45, 7) is 2.95. The fourth-order valence-corrected chi connectivity index (χ4v) is 3.11. The molecule has 158 valence electrons. The molecule has 0 heterocycles. The van der Waals surface area contributed by atoms with Crippen molar-refractivity contribution in [3.05, 3.63) is 71.8 Å². The Morgan fingerprint density at radius 2 is 1.37 bits per heavy atom. The van der Waals surface area contributed by atoms with E-state index >= 15 is 0 Å². The van der Waals surface area contributed by atoms with Crippen molar-refractivity contribution in [3.8, 4) is 11.8 Å². The molecular formula is C25H28O5. The minimum atomic E-state index is -0.656. The highest BCUT2D eigenvalue weighted by Gasteiger charge is 2.32. The van der Waals surface area contributed by atoms with E-state index in [-0.39, 0.29) is 31.8 Å². The summed E-state index contributed by atoms with van der Waals surface area (Å²) in [6, 6.07) is 19.6. The number of Topliss-reactive ketones (excluding diaryl/α,β-unsaturated/α-hetero) is 1. The molecule has 0 aliphatic heterocycles. The van der Waals surface area contributed by atoms with Crippen LogP contribution < -0.4 is 0 Å². The highest BCUT2D eigenvalue weighted by atomic mass is 16.5. The third-order valence-corrected chi connectivity index (χ3v) is 4.50. The zero-order chi connectivity index (χ0) is 21.7. The molecule has 5 heteroatoms. The summed E-state index contributed by atoms with van der Waals surface area (Å²) in [5, 5.41) is 0. The van der Waals surface area contributed by atoms with Gasteiger partial charge in [0.25, 0.3) is 0 Å². The number of ketones is 1. The second-order valence-electron chi connectivity index (χ2n) is 7.31. The van der Waals surface area contributed by atoms with Gasteiger partial charge in [-0.05, 0) is 18.1 Å². The zero-order valence-electron chi connectivity index (χ0n) is 17.6. The van der Waals surface area contributed by atoms with Crippen LogP contribution in [0.15, 0.2) is 60.7 Å². The van der Waals surface area contributed by atoms with Gasteiger partial charge in [-0.1, -0.05) is 66.6 Å². The monoisotopic (exact) mass is 408 g/mol. The predicted molar refractivity (Wildman–Crippen MR) is 114 cm³/mol. The fraction of sp³-hybridized carbons (Fsp3) is 0.360. The highest BCUT2D eigenvalue weighted by Crippen LogP contribution is 2.29. The molecule has 5 nitrogen and oxygen atoms in total. The van der Waals surface area contributed by atoms with Crippen LogP contribution in [0.3, 0.4) is 0 Å². The molecule has 0 saturated carbocycles. The predicted octanol–water partition coefficient (Wildman–Crippen LogP) is 3.95. The quantitative estimate of drug-likeness (QED) is 0.320. The number of carbonyl (C=O) groups excluding carboxylic acids is 2. The lowest BCUT2D eigenvalue weighted by atomic mass is 9.81. The molecule has 2 rings (SSSR count). The third-order valence-electron chi connectivity index (χ3n) is 4.50. The number of rotatable bonds is 11. The van der Waals surface area contributed by atoms with Gasteiger partial charge < -0.3 is 19.0 Å². The van der Waals surface area contributed by atoms with Gasteiger partial charge in [-0.3, -0.25) is 0 Å². The van der Waals surface area contributed by atoms with E-state index in [1.165, 1.54) is 14.0 Å². The van der Waals surface area contributed by atoms with Gasteiger partial charge in [-0.2, -0.15) is 0 Å². The van der Waals surface area contributed by atoms with E-state index in [1.807, 2.05) is 60.7 Å². The summed E-state index contributed by atoms with van der Waals surface area (Å²) in [6.07, 6.45) is 0.525. The van der Waals surface area contributed by atoms with E-state index in [9.17, 15) is 9.59 Å². The Bertz CT molecular complexity index is 804. The number of methoxy groups -OCH3 is 1. The van der Waals surface area contributed by atoms with Crippen molar-refractivity contribution >= 4 is 11.8 Å². The van der Waals surface area contributed by atoms with Gasteiger partial charge >= 0.3 is 5.97 Å². The van der Waals surface area contributed by atoms with Crippen LogP contribution in [-0.2, 0) is 37.0 Å². The fourth-order valence-electron chi connectivity index (χ4n) is 3.11. The molecule has 0 amide bonds. The van der Waals surface area contributed by atoms with Crippen molar-refractivity contribution in [2.75, 3.05) is 20.3 Å². The van der Waals surface area contributed by atoms with Gasteiger partial charge in [0.2, 0.25) is 0 Å². The molecule has 0 saturated heterocycles. The first-order valence-electron chi connectivity index (χ1n) is 9.83. The maximum atomic E-state index is 12.0. The number of hydrogen-bond donors (Lipinski definition) is 0. The van der Waals surface area contributed by atoms with E-state index < -0.39 is 11.4 Å². The molecular weight excluding hydrogens is 380 g/mol. The van der Waals surface area contributed by atoms with Crippen molar-refractivity contribution in [2.45, 2.75) is 33.0 Å². The van der Waals surface area contributed by atoms with Crippen molar-refractivity contribution in [3.63, 3.8) is 0 Å². The van der Waals surface area contributed by atoms with Gasteiger partial charge in [0.1, 0.15) is 5.78 Å². The van der Waals surface area contributed by atoms with Crippen LogP contribution in [0.25, 0.3) is 0 Å². The van der Waals surface area contributed by atoms with Gasteiger partial charge in [0, 0.05) is 24.2 Å². The molecule has 0 radical (unpaired) electrons. The Morgan fingerprint density at radius 1 is 0.867 bits per heavy atom. The molecule has 0 bridgehead atoms. The standard InChI is InChI=1S/C25H28O5/c1-21(26)16-25(15-9-14-24(27)28-2,19-29-17-22-10-5-3-6-11-22)20-30-18-23-12-7-4-8-13-23/h3-8,10-13H,15-20H2,1-2H3. The van der Waals surface area contributed by atoms with Gasteiger partial charge in [-0.25, -0.2) is 4.79 Å². The number of ether oxygens (including phenoxy) is 3. The van der Waals surface area contributed by atoms with Crippen LogP contribution >= 0.6 is 0 Å².